The molecule has 0 unspecified atom stereocenters. The van der Waals surface area contributed by atoms with Crippen molar-refractivity contribution >= 4 is 16.6 Å². The van der Waals surface area contributed by atoms with Crippen LogP contribution in [0.1, 0.15) is 19.8 Å². The van der Waals surface area contributed by atoms with Crippen LogP contribution in [0.5, 0.6) is 0 Å². The van der Waals surface area contributed by atoms with Gasteiger partial charge >= 0.3 is 0 Å². The summed E-state index contributed by atoms with van der Waals surface area (Å²) >= 11 is 0. The van der Waals surface area contributed by atoms with E-state index in [1.165, 1.54) is 11.1 Å². The van der Waals surface area contributed by atoms with E-state index in [1.807, 2.05) is 31.3 Å². The van der Waals surface area contributed by atoms with Crippen LogP contribution in [0, 0.1) is 0 Å². The number of para-hydroxylation sites is 1. The minimum atomic E-state index is -0.501. The summed E-state index contributed by atoms with van der Waals surface area (Å²) in [7, 11) is 0. The maximum atomic E-state index is 10.0. The highest BCUT2D eigenvalue weighted by Crippen LogP contribution is 2.30. The second-order valence-corrected chi connectivity index (χ2v) is 5.33. The van der Waals surface area contributed by atoms with Gasteiger partial charge in [0.05, 0.1) is 11.1 Å². The largest absolute Gasteiger partial charge is 0.390 e. The first-order valence-corrected chi connectivity index (χ1v) is 6.47. The molecule has 0 saturated carbocycles. The van der Waals surface area contributed by atoms with Gasteiger partial charge in [0.25, 0.3) is 0 Å². The standard InChI is InChI=1S/C15H18N2O/c1-15(18)7-10-17(11-8-15)14-6-9-16-13-5-3-2-4-12(13)14/h2-6,9,18H,7-8,10-11H2,1H3. The van der Waals surface area contributed by atoms with Crippen molar-refractivity contribution < 1.29 is 5.11 Å². The summed E-state index contributed by atoms with van der Waals surface area (Å²) in [6, 6.07) is 10.3. The number of rotatable bonds is 1. The fraction of sp³-hybridized carbons (Fsp3) is 0.400. The number of pyridine rings is 1. The van der Waals surface area contributed by atoms with Gasteiger partial charge in [-0.15, -0.1) is 0 Å². The van der Waals surface area contributed by atoms with Crippen LogP contribution < -0.4 is 4.90 Å². The monoisotopic (exact) mass is 242 g/mol. The van der Waals surface area contributed by atoms with Gasteiger partial charge in [-0.25, -0.2) is 0 Å². The van der Waals surface area contributed by atoms with Gasteiger partial charge in [-0.05, 0) is 31.9 Å². The molecule has 0 spiro atoms. The van der Waals surface area contributed by atoms with E-state index in [1.54, 1.807) is 0 Å². The highest BCUT2D eigenvalue weighted by Gasteiger charge is 2.27. The number of piperidine rings is 1. The Bertz CT molecular complexity index is 550. The van der Waals surface area contributed by atoms with E-state index in [-0.39, 0.29) is 0 Å². The third-order valence-corrected chi connectivity index (χ3v) is 3.81. The topological polar surface area (TPSA) is 36.4 Å². The molecule has 3 heteroatoms. The van der Waals surface area contributed by atoms with Crippen molar-refractivity contribution in [3.05, 3.63) is 36.5 Å². The van der Waals surface area contributed by atoms with Crippen molar-refractivity contribution in [2.45, 2.75) is 25.4 Å². The van der Waals surface area contributed by atoms with Crippen molar-refractivity contribution in [3.63, 3.8) is 0 Å². The fourth-order valence-electron chi connectivity index (χ4n) is 2.59. The number of benzene rings is 1. The summed E-state index contributed by atoms with van der Waals surface area (Å²) in [5.74, 6) is 0. The number of hydrogen-bond acceptors (Lipinski definition) is 3. The Hall–Kier alpha value is -1.61. The van der Waals surface area contributed by atoms with Crippen LogP contribution >= 0.6 is 0 Å². The number of nitrogens with zero attached hydrogens (tertiary/aromatic N) is 2. The van der Waals surface area contributed by atoms with E-state index in [9.17, 15) is 5.11 Å². The van der Waals surface area contributed by atoms with Gasteiger partial charge in [0.2, 0.25) is 0 Å². The molecule has 1 fully saturated rings. The third kappa shape index (κ3) is 2.06. The average Bonchev–Trinajstić information content (AvgIpc) is 2.38. The van der Waals surface area contributed by atoms with Crippen LogP contribution in [0.25, 0.3) is 10.9 Å². The third-order valence-electron chi connectivity index (χ3n) is 3.81. The van der Waals surface area contributed by atoms with E-state index in [2.05, 4.69) is 22.0 Å². The van der Waals surface area contributed by atoms with Gasteiger partial charge in [-0.1, -0.05) is 18.2 Å². The molecule has 1 aromatic heterocycles. The lowest BCUT2D eigenvalue weighted by Crippen LogP contribution is -2.42. The van der Waals surface area contributed by atoms with Gasteiger partial charge in [0, 0.05) is 30.4 Å². The Morgan fingerprint density at radius 2 is 1.89 bits per heavy atom. The molecule has 1 aliphatic rings. The average molecular weight is 242 g/mol. The fourth-order valence-corrected chi connectivity index (χ4v) is 2.59. The minimum Gasteiger partial charge on any atom is -0.390 e. The van der Waals surface area contributed by atoms with Crippen molar-refractivity contribution in [2.75, 3.05) is 18.0 Å². The second-order valence-electron chi connectivity index (χ2n) is 5.33. The summed E-state index contributed by atoms with van der Waals surface area (Å²) < 4.78 is 0. The Labute approximate surface area is 107 Å². The first-order valence-electron chi connectivity index (χ1n) is 6.47. The first kappa shape index (κ1) is 11.5. The van der Waals surface area contributed by atoms with E-state index < -0.39 is 5.60 Å². The van der Waals surface area contributed by atoms with Gasteiger partial charge in [-0.3, -0.25) is 4.98 Å². The van der Waals surface area contributed by atoms with Crippen LogP contribution in [0.3, 0.4) is 0 Å². The first-order chi connectivity index (χ1) is 8.66. The molecule has 1 N–H and O–H groups in total. The molecule has 0 aliphatic carbocycles. The molecule has 0 atom stereocenters. The Kier molecular flexibility index (Phi) is 2.71. The van der Waals surface area contributed by atoms with Crippen molar-refractivity contribution in [1.29, 1.82) is 0 Å². The molecule has 2 aromatic rings. The van der Waals surface area contributed by atoms with Crippen LogP contribution in [0.4, 0.5) is 5.69 Å². The van der Waals surface area contributed by atoms with Gasteiger partial charge in [0.1, 0.15) is 0 Å². The Balaban J connectivity index is 1.96. The predicted octanol–water partition coefficient (Wildman–Crippen LogP) is 2.59. The molecular formula is C15H18N2O. The normalized spacial score (nSPS) is 19.1. The summed E-state index contributed by atoms with van der Waals surface area (Å²) in [4.78, 5) is 6.74. The predicted molar refractivity (Wildman–Crippen MR) is 73.8 cm³/mol. The lowest BCUT2D eigenvalue weighted by molar-refractivity contribution is 0.0352. The highest BCUT2D eigenvalue weighted by atomic mass is 16.3. The van der Waals surface area contributed by atoms with E-state index in [0.717, 1.165) is 31.4 Å². The summed E-state index contributed by atoms with van der Waals surface area (Å²) in [5.41, 5.74) is 1.77. The lowest BCUT2D eigenvalue weighted by atomic mass is 9.93. The SMILES string of the molecule is CC1(O)CCN(c2ccnc3ccccc23)CC1. The quantitative estimate of drug-likeness (QED) is 0.835. The molecule has 0 amide bonds. The van der Waals surface area contributed by atoms with Crippen molar-refractivity contribution in [3.8, 4) is 0 Å². The summed E-state index contributed by atoms with van der Waals surface area (Å²) in [5, 5.41) is 11.2. The Morgan fingerprint density at radius 1 is 1.17 bits per heavy atom. The molecule has 1 saturated heterocycles. The molecule has 1 aromatic carbocycles. The van der Waals surface area contributed by atoms with Crippen molar-refractivity contribution in [2.24, 2.45) is 0 Å². The van der Waals surface area contributed by atoms with Crippen LogP contribution in [-0.2, 0) is 0 Å². The maximum absolute atomic E-state index is 10.0. The van der Waals surface area contributed by atoms with E-state index in [0.29, 0.717) is 0 Å². The second kappa shape index (κ2) is 4.25. The van der Waals surface area contributed by atoms with Crippen LogP contribution in [0.2, 0.25) is 0 Å². The maximum Gasteiger partial charge on any atom is 0.0722 e. The molecule has 1 aliphatic heterocycles. The molecule has 3 rings (SSSR count). The number of aliphatic hydroxyl groups is 1. The molecule has 94 valence electrons. The van der Waals surface area contributed by atoms with Crippen LogP contribution in [0.15, 0.2) is 36.5 Å². The molecule has 0 bridgehead atoms. The number of fused-ring (bicyclic) bond motifs is 1. The summed E-state index contributed by atoms with van der Waals surface area (Å²) in [6.07, 6.45) is 3.51. The zero-order valence-corrected chi connectivity index (χ0v) is 10.6. The zero-order chi connectivity index (χ0) is 12.6. The molecule has 0 radical (unpaired) electrons. The zero-order valence-electron chi connectivity index (χ0n) is 10.6. The number of hydrogen-bond donors (Lipinski definition) is 1. The molecule has 3 nitrogen and oxygen atoms in total. The Morgan fingerprint density at radius 3 is 2.67 bits per heavy atom. The molecule has 18 heavy (non-hydrogen) atoms. The lowest BCUT2D eigenvalue weighted by Gasteiger charge is -2.37. The minimum absolute atomic E-state index is 0.501. The summed E-state index contributed by atoms with van der Waals surface area (Å²) in [6.45, 7) is 3.73. The van der Waals surface area contributed by atoms with E-state index >= 15 is 0 Å². The van der Waals surface area contributed by atoms with Gasteiger partial charge in [-0.2, -0.15) is 0 Å². The van der Waals surface area contributed by atoms with Gasteiger partial charge in [0.15, 0.2) is 0 Å². The van der Waals surface area contributed by atoms with Crippen LogP contribution in [-0.4, -0.2) is 28.8 Å². The number of anilines is 1. The highest BCUT2D eigenvalue weighted by molar-refractivity contribution is 5.91. The smallest absolute Gasteiger partial charge is 0.0722 e. The van der Waals surface area contributed by atoms with Gasteiger partial charge < -0.3 is 10.0 Å². The van der Waals surface area contributed by atoms with Crippen molar-refractivity contribution in [1.82, 2.24) is 4.98 Å². The molecule has 2 heterocycles. The van der Waals surface area contributed by atoms with E-state index in [4.69, 9.17) is 0 Å². The molecular weight excluding hydrogens is 224 g/mol. The number of aromatic nitrogens is 1.